The lowest BCUT2D eigenvalue weighted by atomic mass is 10.2. The second-order valence-corrected chi connectivity index (χ2v) is 4.26. The third-order valence-electron chi connectivity index (χ3n) is 2.56. The number of nitrogens with one attached hydrogen (secondary N) is 1. The molecule has 6 heteroatoms. The summed E-state index contributed by atoms with van der Waals surface area (Å²) >= 11 is 5.90. The Hall–Kier alpha value is -2.58. The Balaban J connectivity index is 2.15. The van der Waals surface area contributed by atoms with Crippen LogP contribution in [-0.4, -0.2) is 18.0 Å². The topological polar surface area (TPSA) is 75.0 Å². The Kier molecular flexibility index (Phi) is 4.18. The number of hydrogen-bond acceptors (Lipinski definition) is 4. The van der Waals surface area contributed by atoms with Crippen molar-refractivity contribution in [3.63, 3.8) is 0 Å². The Bertz CT molecular complexity index is 678. The van der Waals surface area contributed by atoms with Crippen molar-refractivity contribution >= 4 is 23.2 Å². The molecule has 2 aromatic rings. The van der Waals surface area contributed by atoms with E-state index < -0.39 is 0 Å². The Morgan fingerprint density at radius 1 is 1.40 bits per heavy atom. The van der Waals surface area contributed by atoms with Crippen molar-refractivity contribution in [2.45, 2.75) is 0 Å². The van der Waals surface area contributed by atoms with Crippen molar-refractivity contribution in [2.75, 3.05) is 12.4 Å². The van der Waals surface area contributed by atoms with Crippen molar-refractivity contribution in [3.05, 3.63) is 52.7 Å². The predicted molar refractivity (Wildman–Crippen MR) is 74.9 cm³/mol. The lowest BCUT2D eigenvalue weighted by molar-refractivity contribution is 0.102. The van der Waals surface area contributed by atoms with Crippen LogP contribution in [0.5, 0.6) is 5.88 Å². The molecule has 0 fully saturated rings. The van der Waals surface area contributed by atoms with E-state index in [1.54, 1.807) is 24.3 Å². The summed E-state index contributed by atoms with van der Waals surface area (Å²) in [6.07, 6.45) is 1.42. The highest BCUT2D eigenvalue weighted by Crippen LogP contribution is 2.20. The number of halogens is 1. The Morgan fingerprint density at radius 3 is 2.75 bits per heavy atom. The summed E-state index contributed by atoms with van der Waals surface area (Å²) in [5, 5.41) is 11.7. The number of ether oxygens (including phenoxy) is 1. The fourth-order valence-electron chi connectivity index (χ4n) is 1.52. The molecule has 0 aliphatic rings. The second kappa shape index (κ2) is 6.04. The lowest BCUT2D eigenvalue weighted by Gasteiger charge is -2.06. The molecule has 0 aliphatic carbocycles. The van der Waals surface area contributed by atoms with Gasteiger partial charge in [0.25, 0.3) is 5.91 Å². The quantitative estimate of drug-likeness (QED) is 0.942. The number of carbonyl (C=O) groups excluding carboxylic acids is 1. The first kappa shape index (κ1) is 13.8. The SMILES string of the molecule is COc1ccc(C(=O)Nc2ccc(C#N)c(Cl)c2)cn1. The van der Waals surface area contributed by atoms with Gasteiger partial charge in [0.05, 0.1) is 23.3 Å². The largest absolute Gasteiger partial charge is 0.481 e. The predicted octanol–water partition coefficient (Wildman–Crippen LogP) is 2.87. The highest BCUT2D eigenvalue weighted by atomic mass is 35.5. The van der Waals surface area contributed by atoms with Crippen LogP contribution < -0.4 is 10.1 Å². The number of nitriles is 1. The molecule has 1 amide bonds. The molecule has 100 valence electrons. The van der Waals surface area contributed by atoms with E-state index in [2.05, 4.69) is 10.3 Å². The summed E-state index contributed by atoms with van der Waals surface area (Å²) in [7, 11) is 1.50. The van der Waals surface area contributed by atoms with Gasteiger partial charge in [0, 0.05) is 18.0 Å². The van der Waals surface area contributed by atoms with Gasteiger partial charge in [0.15, 0.2) is 0 Å². The van der Waals surface area contributed by atoms with Crippen LogP contribution in [-0.2, 0) is 0 Å². The maximum atomic E-state index is 12.0. The molecule has 0 unspecified atom stereocenters. The van der Waals surface area contributed by atoms with Gasteiger partial charge in [-0.2, -0.15) is 5.26 Å². The van der Waals surface area contributed by atoms with E-state index in [0.29, 0.717) is 22.7 Å². The van der Waals surface area contributed by atoms with Crippen molar-refractivity contribution in [2.24, 2.45) is 0 Å². The normalized spacial score (nSPS) is 9.65. The number of methoxy groups -OCH3 is 1. The second-order valence-electron chi connectivity index (χ2n) is 3.85. The summed E-state index contributed by atoms with van der Waals surface area (Å²) in [4.78, 5) is 15.9. The van der Waals surface area contributed by atoms with Gasteiger partial charge in [-0.05, 0) is 24.3 Å². The molecular formula is C14H10ClN3O2. The zero-order valence-corrected chi connectivity index (χ0v) is 11.3. The van der Waals surface area contributed by atoms with Gasteiger partial charge in [-0.1, -0.05) is 11.6 Å². The molecule has 0 bridgehead atoms. The monoisotopic (exact) mass is 287 g/mol. The first-order valence-corrected chi connectivity index (χ1v) is 6.03. The van der Waals surface area contributed by atoms with Gasteiger partial charge in [0.1, 0.15) is 6.07 Å². The summed E-state index contributed by atoms with van der Waals surface area (Å²) in [6, 6.07) is 9.83. The average Bonchev–Trinajstić information content (AvgIpc) is 2.47. The Morgan fingerprint density at radius 2 is 2.20 bits per heavy atom. The molecule has 20 heavy (non-hydrogen) atoms. The van der Waals surface area contributed by atoms with Crippen LogP contribution in [0.25, 0.3) is 0 Å². The van der Waals surface area contributed by atoms with E-state index in [1.165, 1.54) is 19.4 Å². The molecule has 1 aromatic carbocycles. The van der Waals surface area contributed by atoms with Crippen molar-refractivity contribution in [3.8, 4) is 11.9 Å². The number of benzene rings is 1. The minimum atomic E-state index is -0.319. The van der Waals surface area contributed by atoms with Crippen LogP contribution in [0, 0.1) is 11.3 Å². The van der Waals surface area contributed by atoms with Crippen LogP contribution in [0.2, 0.25) is 5.02 Å². The minimum Gasteiger partial charge on any atom is -0.481 e. The van der Waals surface area contributed by atoms with E-state index in [-0.39, 0.29) is 10.9 Å². The van der Waals surface area contributed by atoms with Gasteiger partial charge in [-0.25, -0.2) is 4.98 Å². The summed E-state index contributed by atoms with van der Waals surface area (Å²) in [6.45, 7) is 0. The fourth-order valence-corrected chi connectivity index (χ4v) is 1.74. The zero-order chi connectivity index (χ0) is 14.5. The van der Waals surface area contributed by atoms with E-state index >= 15 is 0 Å². The van der Waals surface area contributed by atoms with Gasteiger partial charge in [-0.3, -0.25) is 4.79 Å². The maximum absolute atomic E-state index is 12.0. The number of nitrogens with zero attached hydrogens (tertiary/aromatic N) is 2. The number of pyridine rings is 1. The summed E-state index contributed by atoms with van der Waals surface area (Å²) in [5.74, 6) is 0.115. The van der Waals surface area contributed by atoms with Crippen molar-refractivity contribution < 1.29 is 9.53 Å². The molecule has 0 radical (unpaired) electrons. The average molecular weight is 288 g/mol. The van der Waals surface area contributed by atoms with Crippen LogP contribution in [0.1, 0.15) is 15.9 Å². The van der Waals surface area contributed by atoms with Crippen LogP contribution in [0.15, 0.2) is 36.5 Å². The molecule has 0 atom stereocenters. The van der Waals surface area contributed by atoms with Crippen molar-refractivity contribution in [1.82, 2.24) is 4.98 Å². The highest BCUT2D eigenvalue weighted by Gasteiger charge is 2.08. The van der Waals surface area contributed by atoms with Gasteiger partial charge in [0.2, 0.25) is 5.88 Å². The molecule has 5 nitrogen and oxygen atoms in total. The third kappa shape index (κ3) is 3.05. The standard InChI is InChI=1S/C14H10ClN3O2/c1-20-13-5-3-10(8-17-13)14(19)18-11-4-2-9(7-16)12(15)6-11/h2-6,8H,1H3,(H,18,19). The smallest absolute Gasteiger partial charge is 0.257 e. The lowest BCUT2D eigenvalue weighted by Crippen LogP contribution is -2.12. The third-order valence-corrected chi connectivity index (χ3v) is 2.87. The first-order chi connectivity index (χ1) is 9.63. The van der Waals surface area contributed by atoms with Gasteiger partial charge < -0.3 is 10.1 Å². The molecule has 0 spiro atoms. The van der Waals surface area contributed by atoms with Gasteiger partial charge in [-0.15, -0.1) is 0 Å². The van der Waals surface area contributed by atoms with Crippen LogP contribution in [0.3, 0.4) is 0 Å². The highest BCUT2D eigenvalue weighted by molar-refractivity contribution is 6.32. The summed E-state index contributed by atoms with van der Waals surface area (Å²) in [5.41, 5.74) is 1.26. The maximum Gasteiger partial charge on any atom is 0.257 e. The number of carbonyl (C=O) groups is 1. The number of anilines is 1. The first-order valence-electron chi connectivity index (χ1n) is 5.65. The van der Waals surface area contributed by atoms with Crippen LogP contribution in [0.4, 0.5) is 5.69 Å². The van der Waals surface area contributed by atoms with Gasteiger partial charge >= 0.3 is 0 Å². The number of hydrogen-bond donors (Lipinski definition) is 1. The fraction of sp³-hybridized carbons (Fsp3) is 0.0714. The van der Waals surface area contributed by atoms with E-state index in [9.17, 15) is 4.79 Å². The number of amides is 1. The molecule has 0 saturated carbocycles. The van der Waals surface area contributed by atoms with E-state index in [1.807, 2.05) is 6.07 Å². The molecular weight excluding hydrogens is 278 g/mol. The molecule has 0 aliphatic heterocycles. The molecule has 1 aromatic heterocycles. The van der Waals surface area contributed by atoms with E-state index in [0.717, 1.165) is 0 Å². The minimum absolute atomic E-state index is 0.290. The zero-order valence-electron chi connectivity index (χ0n) is 10.6. The number of aromatic nitrogens is 1. The summed E-state index contributed by atoms with van der Waals surface area (Å²) < 4.78 is 4.92. The Labute approximate surface area is 120 Å². The van der Waals surface area contributed by atoms with Crippen molar-refractivity contribution in [1.29, 1.82) is 5.26 Å². The van der Waals surface area contributed by atoms with E-state index in [4.69, 9.17) is 21.6 Å². The molecule has 0 saturated heterocycles. The molecule has 1 heterocycles. The molecule has 2 rings (SSSR count). The van der Waals surface area contributed by atoms with Crippen LogP contribution >= 0.6 is 11.6 Å². The number of rotatable bonds is 3. The molecule has 1 N–H and O–H groups in total.